The maximum atomic E-state index is 12.2. The third kappa shape index (κ3) is 4.85. The molecule has 0 aliphatic heterocycles. The molecule has 0 aromatic heterocycles. The number of nitrogens with one attached hydrogen (secondary N) is 1. The van der Waals surface area contributed by atoms with E-state index in [9.17, 15) is 4.79 Å². The second-order valence-corrected chi connectivity index (χ2v) is 6.43. The van der Waals surface area contributed by atoms with Crippen LogP contribution >= 0.6 is 0 Å². The third-order valence-electron chi connectivity index (χ3n) is 4.62. The van der Waals surface area contributed by atoms with Crippen molar-refractivity contribution in [3.8, 4) is 0 Å². The molecule has 1 aromatic carbocycles. The maximum absolute atomic E-state index is 12.2. The Bertz CT molecular complexity index is 464. The average molecular weight is 288 g/mol. The average Bonchev–Trinajstić information content (AvgIpc) is 2.47. The van der Waals surface area contributed by atoms with Gasteiger partial charge in [0.15, 0.2) is 0 Å². The number of hydrogen-bond acceptors (Lipinski definition) is 2. The molecular weight excluding hydrogens is 260 g/mol. The van der Waals surface area contributed by atoms with Crippen LogP contribution in [0.4, 0.5) is 5.69 Å². The fraction of sp³-hybridized carbons (Fsp3) is 0.611. The number of hydrogen-bond donors (Lipinski definition) is 1. The summed E-state index contributed by atoms with van der Waals surface area (Å²) in [7, 11) is 2.07. The molecule has 0 atom stereocenters. The van der Waals surface area contributed by atoms with Gasteiger partial charge in [0.25, 0.3) is 0 Å². The van der Waals surface area contributed by atoms with Crippen LogP contribution in [0.25, 0.3) is 0 Å². The zero-order valence-electron chi connectivity index (χ0n) is 13.6. The minimum absolute atomic E-state index is 0.0874. The lowest BCUT2D eigenvalue weighted by Gasteiger charge is -2.33. The molecule has 21 heavy (non-hydrogen) atoms. The standard InChI is InChI=1S/C18H28N2O/c1-4-15-6-5-7-16(12-15)19-18(21)13-20(3)17-10-8-14(2)9-11-17/h5-7,12,14,17H,4,8-11,13H2,1-3H3,(H,19,21). The zero-order valence-corrected chi connectivity index (χ0v) is 13.6. The van der Waals surface area contributed by atoms with Crippen molar-refractivity contribution in [1.29, 1.82) is 0 Å². The highest BCUT2D eigenvalue weighted by Gasteiger charge is 2.22. The Labute approximate surface area is 128 Å². The molecule has 1 amide bonds. The van der Waals surface area contributed by atoms with Crippen LogP contribution < -0.4 is 5.32 Å². The molecule has 2 rings (SSSR count). The van der Waals surface area contributed by atoms with Gasteiger partial charge in [-0.15, -0.1) is 0 Å². The highest BCUT2D eigenvalue weighted by atomic mass is 16.2. The number of carbonyl (C=O) groups is 1. The molecule has 0 bridgehead atoms. The summed E-state index contributed by atoms with van der Waals surface area (Å²) < 4.78 is 0. The molecule has 0 saturated heterocycles. The number of likely N-dealkylation sites (N-methyl/N-ethyl adjacent to an activating group) is 1. The lowest BCUT2D eigenvalue weighted by molar-refractivity contribution is -0.117. The molecule has 1 aliphatic rings. The molecule has 1 saturated carbocycles. The second-order valence-electron chi connectivity index (χ2n) is 6.43. The van der Waals surface area contributed by atoms with Crippen LogP contribution in [0.1, 0.15) is 45.1 Å². The molecule has 3 heteroatoms. The smallest absolute Gasteiger partial charge is 0.238 e. The van der Waals surface area contributed by atoms with Gasteiger partial charge in [0.05, 0.1) is 6.54 Å². The molecule has 1 N–H and O–H groups in total. The molecule has 3 nitrogen and oxygen atoms in total. The van der Waals surface area contributed by atoms with E-state index in [1.807, 2.05) is 12.1 Å². The van der Waals surface area contributed by atoms with Crippen LogP contribution in [0.2, 0.25) is 0 Å². The van der Waals surface area contributed by atoms with Gasteiger partial charge in [-0.1, -0.05) is 26.0 Å². The Morgan fingerprint density at radius 3 is 2.67 bits per heavy atom. The molecule has 0 unspecified atom stereocenters. The van der Waals surface area contributed by atoms with Crippen LogP contribution in [-0.4, -0.2) is 30.4 Å². The SMILES string of the molecule is CCc1cccc(NC(=O)CN(C)C2CCC(C)CC2)c1. The third-order valence-corrected chi connectivity index (χ3v) is 4.62. The first-order valence-corrected chi connectivity index (χ1v) is 8.17. The molecule has 1 fully saturated rings. The molecule has 116 valence electrons. The number of rotatable bonds is 5. The number of carbonyl (C=O) groups excluding carboxylic acids is 1. The van der Waals surface area contributed by atoms with Gasteiger partial charge in [0.1, 0.15) is 0 Å². The van der Waals surface area contributed by atoms with Gasteiger partial charge in [-0.3, -0.25) is 9.69 Å². The topological polar surface area (TPSA) is 32.3 Å². The predicted octanol–water partition coefficient (Wildman–Crippen LogP) is 3.70. The summed E-state index contributed by atoms with van der Waals surface area (Å²) in [6, 6.07) is 8.67. The summed E-state index contributed by atoms with van der Waals surface area (Å²) in [6.45, 7) is 4.93. The molecule has 0 heterocycles. The van der Waals surface area contributed by atoms with E-state index in [0.717, 1.165) is 18.0 Å². The van der Waals surface area contributed by atoms with E-state index in [0.29, 0.717) is 12.6 Å². The van der Waals surface area contributed by atoms with E-state index in [1.165, 1.54) is 31.2 Å². The number of nitrogens with zero attached hydrogens (tertiary/aromatic N) is 1. The van der Waals surface area contributed by atoms with E-state index in [1.54, 1.807) is 0 Å². The van der Waals surface area contributed by atoms with Crippen molar-refractivity contribution in [2.45, 2.75) is 52.0 Å². The van der Waals surface area contributed by atoms with Gasteiger partial charge < -0.3 is 5.32 Å². The molecule has 0 spiro atoms. The summed E-state index contributed by atoms with van der Waals surface area (Å²) in [4.78, 5) is 14.4. The van der Waals surface area contributed by atoms with Crippen molar-refractivity contribution in [2.24, 2.45) is 5.92 Å². The monoisotopic (exact) mass is 288 g/mol. The highest BCUT2D eigenvalue weighted by Crippen LogP contribution is 2.26. The quantitative estimate of drug-likeness (QED) is 0.896. The fourth-order valence-corrected chi connectivity index (χ4v) is 3.11. The first-order chi connectivity index (χ1) is 10.1. The first kappa shape index (κ1) is 16.0. The molecule has 1 aromatic rings. The lowest BCUT2D eigenvalue weighted by Crippen LogP contribution is -2.39. The minimum atomic E-state index is 0.0874. The first-order valence-electron chi connectivity index (χ1n) is 8.17. The van der Waals surface area contributed by atoms with Gasteiger partial charge in [-0.05, 0) is 62.8 Å². The largest absolute Gasteiger partial charge is 0.325 e. The van der Waals surface area contributed by atoms with E-state index in [2.05, 4.69) is 43.2 Å². The summed E-state index contributed by atoms with van der Waals surface area (Å²) in [6.07, 6.45) is 6.00. The van der Waals surface area contributed by atoms with Gasteiger partial charge in [0.2, 0.25) is 5.91 Å². The number of benzene rings is 1. The number of aryl methyl sites for hydroxylation is 1. The number of amides is 1. The van der Waals surface area contributed by atoms with Crippen molar-refractivity contribution in [1.82, 2.24) is 4.90 Å². The van der Waals surface area contributed by atoms with Crippen molar-refractivity contribution in [3.05, 3.63) is 29.8 Å². The van der Waals surface area contributed by atoms with Crippen molar-refractivity contribution < 1.29 is 4.79 Å². The van der Waals surface area contributed by atoms with E-state index < -0.39 is 0 Å². The van der Waals surface area contributed by atoms with Crippen molar-refractivity contribution >= 4 is 11.6 Å². The fourth-order valence-electron chi connectivity index (χ4n) is 3.11. The molecule has 1 aliphatic carbocycles. The Morgan fingerprint density at radius 2 is 2.00 bits per heavy atom. The summed E-state index contributed by atoms with van der Waals surface area (Å²) >= 11 is 0. The Balaban J connectivity index is 1.83. The van der Waals surface area contributed by atoms with Gasteiger partial charge in [-0.25, -0.2) is 0 Å². The second kappa shape index (κ2) is 7.60. The predicted molar refractivity (Wildman–Crippen MR) is 88.5 cm³/mol. The molecule has 0 radical (unpaired) electrons. The van der Waals surface area contributed by atoms with Gasteiger partial charge in [-0.2, -0.15) is 0 Å². The van der Waals surface area contributed by atoms with Gasteiger partial charge in [0, 0.05) is 11.7 Å². The number of anilines is 1. The summed E-state index contributed by atoms with van der Waals surface area (Å²) in [5.41, 5.74) is 2.16. The van der Waals surface area contributed by atoms with Crippen molar-refractivity contribution in [3.63, 3.8) is 0 Å². The van der Waals surface area contributed by atoms with Crippen LogP contribution in [0.5, 0.6) is 0 Å². The van der Waals surface area contributed by atoms with Crippen LogP contribution in [-0.2, 0) is 11.2 Å². The van der Waals surface area contributed by atoms with E-state index >= 15 is 0 Å². The highest BCUT2D eigenvalue weighted by molar-refractivity contribution is 5.92. The molecular formula is C18H28N2O. The summed E-state index contributed by atoms with van der Waals surface area (Å²) in [5.74, 6) is 0.935. The van der Waals surface area contributed by atoms with E-state index in [-0.39, 0.29) is 5.91 Å². The Kier molecular flexibility index (Phi) is 5.80. The maximum Gasteiger partial charge on any atom is 0.238 e. The Morgan fingerprint density at radius 1 is 1.29 bits per heavy atom. The Hall–Kier alpha value is -1.35. The van der Waals surface area contributed by atoms with Crippen LogP contribution in [0, 0.1) is 5.92 Å². The van der Waals surface area contributed by atoms with Crippen LogP contribution in [0.3, 0.4) is 0 Å². The normalized spacial score (nSPS) is 22.3. The minimum Gasteiger partial charge on any atom is -0.325 e. The van der Waals surface area contributed by atoms with Crippen molar-refractivity contribution in [2.75, 3.05) is 18.9 Å². The van der Waals surface area contributed by atoms with E-state index in [4.69, 9.17) is 0 Å². The van der Waals surface area contributed by atoms with Crippen LogP contribution in [0.15, 0.2) is 24.3 Å². The summed E-state index contributed by atoms with van der Waals surface area (Å²) in [5, 5.41) is 3.01. The lowest BCUT2D eigenvalue weighted by atomic mass is 9.87. The zero-order chi connectivity index (χ0) is 15.2. The van der Waals surface area contributed by atoms with Gasteiger partial charge >= 0.3 is 0 Å².